The van der Waals surface area contributed by atoms with E-state index in [1.165, 1.54) is 10.4 Å². The van der Waals surface area contributed by atoms with E-state index in [1.54, 1.807) is 0 Å². The second-order valence-electron chi connectivity index (χ2n) is 5.76. The van der Waals surface area contributed by atoms with Crippen molar-refractivity contribution in [3.05, 3.63) is 60.7 Å². The molecule has 0 fully saturated rings. The van der Waals surface area contributed by atoms with E-state index in [0.29, 0.717) is 5.50 Å². The third-order valence-electron chi connectivity index (χ3n) is 3.45. The van der Waals surface area contributed by atoms with Crippen LogP contribution in [-0.4, -0.2) is 22.1 Å². The molecule has 0 aliphatic rings. The van der Waals surface area contributed by atoms with Gasteiger partial charge in [-0.1, -0.05) is 60.7 Å². The standard InChI is InChI=1S/C16H21ClOSi2/c1-19(2,14-17)18-20(3,15-10-6-4-7-11-15)16-12-8-5-9-13-16/h4-13H,14H2,1-3H3. The second kappa shape index (κ2) is 6.27. The van der Waals surface area contributed by atoms with Gasteiger partial charge in [0.05, 0.1) is 0 Å². The van der Waals surface area contributed by atoms with Gasteiger partial charge in [-0.3, -0.25) is 0 Å². The van der Waals surface area contributed by atoms with Crippen LogP contribution >= 0.6 is 11.6 Å². The van der Waals surface area contributed by atoms with Gasteiger partial charge in [0.2, 0.25) is 8.32 Å². The van der Waals surface area contributed by atoms with Gasteiger partial charge >= 0.3 is 0 Å². The van der Waals surface area contributed by atoms with Crippen molar-refractivity contribution in [3.63, 3.8) is 0 Å². The maximum atomic E-state index is 6.69. The predicted octanol–water partition coefficient (Wildman–Crippen LogP) is 3.38. The summed E-state index contributed by atoms with van der Waals surface area (Å²) >= 11 is 6.13. The van der Waals surface area contributed by atoms with Gasteiger partial charge in [0.15, 0.2) is 8.32 Å². The Morgan fingerprint density at radius 2 is 1.20 bits per heavy atom. The lowest BCUT2D eigenvalue weighted by Crippen LogP contribution is -2.63. The average Bonchev–Trinajstić information content (AvgIpc) is 2.48. The van der Waals surface area contributed by atoms with Gasteiger partial charge in [0, 0.05) is 5.50 Å². The van der Waals surface area contributed by atoms with Crippen molar-refractivity contribution in [2.45, 2.75) is 19.6 Å². The highest BCUT2D eigenvalue weighted by Crippen LogP contribution is 2.16. The summed E-state index contributed by atoms with van der Waals surface area (Å²) in [6, 6.07) is 21.2. The van der Waals surface area contributed by atoms with E-state index in [4.69, 9.17) is 15.7 Å². The molecule has 0 aliphatic carbocycles. The molecule has 0 aliphatic heterocycles. The lowest BCUT2D eigenvalue weighted by atomic mass is 10.4. The molecule has 0 saturated carbocycles. The van der Waals surface area contributed by atoms with Crippen LogP contribution in [0.5, 0.6) is 0 Å². The molecule has 0 spiro atoms. The van der Waals surface area contributed by atoms with Gasteiger partial charge in [-0.05, 0) is 30.0 Å². The molecule has 106 valence electrons. The van der Waals surface area contributed by atoms with Gasteiger partial charge in [-0.15, -0.1) is 11.6 Å². The molecule has 2 rings (SSSR count). The molecule has 0 saturated heterocycles. The van der Waals surface area contributed by atoms with E-state index in [2.05, 4.69) is 68.2 Å². The minimum Gasteiger partial charge on any atom is -0.448 e. The maximum absolute atomic E-state index is 6.69. The molecule has 0 radical (unpaired) electrons. The number of benzene rings is 2. The summed E-state index contributed by atoms with van der Waals surface area (Å²) in [6.45, 7) is 6.66. The summed E-state index contributed by atoms with van der Waals surface area (Å²) in [5.74, 6) is 0. The molecule has 0 aromatic heterocycles. The predicted molar refractivity (Wildman–Crippen MR) is 93.1 cm³/mol. The quantitative estimate of drug-likeness (QED) is 0.606. The van der Waals surface area contributed by atoms with Gasteiger partial charge in [0.1, 0.15) is 0 Å². The minimum atomic E-state index is -2.18. The zero-order chi connectivity index (χ0) is 14.6. The molecule has 2 aromatic rings. The highest BCUT2D eigenvalue weighted by Gasteiger charge is 2.39. The molecule has 0 atom stereocenters. The first-order chi connectivity index (χ1) is 9.48. The van der Waals surface area contributed by atoms with Crippen molar-refractivity contribution < 1.29 is 4.12 Å². The van der Waals surface area contributed by atoms with Crippen LogP contribution in [0.3, 0.4) is 0 Å². The lowest BCUT2D eigenvalue weighted by molar-refractivity contribution is 0.571. The zero-order valence-corrected chi connectivity index (χ0v) is 15.0. The molecule has 0 unspecified atom stereocenters. The summed E-state index contributed by atoms with van der Waals surface area (Å²) in [5, 5.41) is 2.61. The molecule has 0 N–H and O–H groups in total. The molecule has 0 amide bonds. The number of halogens is 1. The number of hydrogen-bond donors (Lipinski definition) is 0. The summed E-state index contributed by atoms with van der Waals surface area (Å²) in [5.41, 5.74) is 0.620. The second-order valence-corrected chi connectivity index (χ2v) is 14.4. The molecule has 20 heavy (non-hydrogen) atoms. The first-order valence-corrected chi connectivity index (χ1v) is 12.9. The molecule has 4 heteroatoms. The highest BCUT2D eigenvalue weighted by atomic mass is 35.5. The van der Waals surface area contributed by atoms with E-state index in [1.807, 2.05) is 12.1 Å². The third-order valence-corrected chi connectivity index (χ3v) is 12.7. The van der Waals surface area contributed by atoms with Crippen LogP contribution in [0.4, 0.5) is 0 Å². The summed E-state index contributed by atoms with van der Waals surface area (Å²) in [4.78, 5) is 0. The number of rotatable bonds is 5. The van der Waals surface area contributed by atoms with Crippen LogP contribution in [0.15, 0.2) is 60.7 Å². The van der Waals surface area contributed by atoms with E-state index in [-0.39, 0.29) is 0 Å². The fourth-order valence-corrected chi connectivity index (χ4v) is 10.4. The molecular weight excluding hydrogens is 300 g/mol. The number of alkyl halides is 1. The molecule has 0 bridgehead atoms. The Morgan fingerprint density at radius 1 is 0.800 bits per heavy atom. The van der Waals surface area contributed by atoms with Crippen molar-refractivity contribution >= 4 is 38.6 Å². The van der Waals surface area contributed by atoms with Crippen molar-refractivity contribution in [2.75, 3.05) is 5.50 Å². The third kappa shape index (κ3) is 3.41. The van der Waals surface area contributed by atoms with Crippen LogP contribution in [-0.2, 0) is 4.12 Å². The van der Waals surface area contributed by atoms with Crippen LogP contribution in [0, 0.1) is 0 Å². The Kier molecular flexibility index (Phi) is 4.86. The Morgan fingerprint density at radius 3 is 1.55 bits per heavy atom. The summed E-state index contributed by atoms with van der Waals surface area (Å²) in [7, 11) is -4.03. The Labute approximate surface area is 128 Å². The van der Waals surface area contributed by atoms with E-state index < -0.39 is 16.6 Å². The van der Waals surface area contributed by atoms with Crippen LogP contribution in [0.2, 0.25) is 19.6 Å². The van der Waals surface area contributed by atoms with Crippen LogP contribution < -0.4 is 10.4 Å². The molecule has 1 nitrogen and oxygen atoms in total. The van der Waals surface area contributed by atoms with Gasteiger partial charge in [-0.2, -0.15) is 0 Å². The topological polar surface area (TPSA) is 9.23 Å². The summed E-state index contributed by atoms with van der Waals surface area (Å²) in [6.07, 6.45) is 0. The van der Waals surface area contributed by atoms with Crippen molar-refractivity contribution in [1.29, 1.82) is 0 Å². The fourth-order valence-electron chi connectivity index (χ4n) is 2.38. The monoisotopic (exact) mass is 320 g/mol. The smallest absolute Gasteiger partial charge is 0.241 e. The SMILES string of the molecule is C[Si](C)(CCl)O[Si](C)(c1ccccc1)c1ccccc1. The number of hydrogen-bond acceptors (Lipinski definition) is 1. The van der Waals surface area contributed by atoms with Gasteiger partial charge in [-0.25, -0.2) is 0 Å². The van der Waals surface area contributed by atoms with Gasteiger partial charge in [0.25, 0.3) is 0 Å². The molecule has 2 aromatic carbocycles. The minimum absolute atomic E-state index is 0.620. The Balaban J connectivity index is 2.50. The van der Waals surface area contributed by atoms with Gasteiger partial charge < -0.3 is 4.12 Å². The van der Waals surface area contributed by atoms with E-state index in [9.17, 15) is 0 Å². The normalized spacial score (nSPS) is 12.4. The zero-order valence-electron chi connectivity index (χ0n) is 12.3. The van der Waals surface area contributed by atoms with Crippen LogP contribution in [0.1, 0.15) is 0 Å². The fraction of sp³-hybridized carbons (Fsp3) is 0.250. The van der Waals surface area contributed by atoms with Crippen LogP contribution in [0.25, 0.3) is 0 Å². The molecule has 0 heterocycles. The first-order valence-electron chi connectivity index (χ1n) is 6.85. The lowest BCUT2D eigenvalue weighted by Gasteiger charge is -2.36. The van der Waals surface area contributed by atoms with Crippen molar-refractivity contribution in [2.24, 2.45) is 0 Å². The van der Waals surface area contributed by atoms with E-state index in [0.717, 1.165) is 0 Å². The average molecular weight is 321 g/mol. The molecular formula is C16H21ClOSi2. The first kappa shape index (κ1) is 15.5. The largest absolute Gasteiger partial charge is 0.448 e. The summed E-state index contributed by atoms with van der Waals surface area (Å²) < 4.78 is 6.69. The Hall–Kier alpha value is -0.876. The van der Waals surface area contributed by atoms with Crippen molar-refractivity contribution in [1.82, 2.24) is 0 Å². The van der Waals surface area contributed by atoms with E-state index >= 15 is 0 Å². The highest BCUT2D eigenvalue weighted by molar-refractivity contribution is 7.02. The van der Waals surface area contributed by atoms with Crippen molar-refractivity contribution in [3.8, 4) is 0 Å². The Bertz CT molecular complexity index is 503. The maximum Gasteiger partial charge on any atom is 0.241 e.